The molecule has 4 rings (SSSR count). The van der Waals surface area contributed by atoms with Crippen LogP contribution >= 0.6 is 0 Å². The Morgan fingerprint density at radius 3 is 2.54 bits per heavy atom. The van der Waals surface area contributed by atoms with Gasteiger partial charge in [-0.05, 0) is 100.0 Å². The van der Waals surface area contributed by atoms with Crippen molar-refractivity contribution in [2.45, 2.75) is 115 Å². The maximum absolute atomic E-state index is 14.0. The highest BCUT2D eigenvalue weighted by molar-refractivity contribution is 5.91. The lowest BCUT2D eigenvalue weighted by molar-refractivity contribution is -0.197. The van der Waals surface area contributed by atoms with Crippen LogP contribution in [0, 0.1) is 28.6 Å². The van der Waals surface area contributed by atoms with E-state index in [9.17, 15) is 18.4 Å². The Kier molecular flexibility index (Phi) is 7.26. The molecule has 0 aromatic heterocycles. The number of esters is 1. The van der Waals surface area contributed by atoms with Gasteiger partial charge in [0, 0.05) is 11.8 Å². The number of fused-ring (bicyclic) bond motifs is 5. The Balaban J connectivity index is 1.62. The van der Waals surface area contributed by atoms with E-state index in [4.69, 9.17) is 16.2 Å². The van der Waals surface area contributed by atoms with Gasteiger partial charge >= 0.3 is 5.97 Å². The molecule has 7 unspecified atom stereocenters. The summed E-state index contributed by atoms with van der Waals surface area (Å²) < 4.78 is 34.3. The van der Waals surface area contributed by atoms with Crippen molar-refractivity contribution >= 4 is 11.8 Å². The number of ether oxygens (including phenoxy) is 1. The highest BCUT2D eigenvalue weighted by Gasteiger charge is 2.66. The number of hydrogen-bond acceptors (Lipinski definition) is 5. The van der Waals surface area contributed by atoms with Crippen LogP contribution in [-0.4, -0.2) is 35.9 Å². The van der Waals surface area contributed by atoms with Crippen molar-refractivity contribution in [2.75, 3.05) is 6.54 Å². The maximum atomic E-state index is 14.0. The van der Waals surface area contributed by atoms with Gasteiger partial charge in [0.25, 0.3) is 6.43 Å². The topological polar surface area (TPSA) is 95.4 Å². The fourth-order valence-electron chi connectivity index (χ4n) is 8.65. The second-order valence-electron chi connectivity index (χ2n) is 12.3. The van der Waals surface area contributed by atoms with E-state index >= 15 is 0 Å². The van der Waals surface area contributed by atoms with Crippen LogP contribution in [0.1, 0.15) is 97.8 Å². The van der Waals surface area contributed by atoms with Gasteiger partial charge in [-0.1, -0.05) is 32.8 Å². The molecule has 5 nitrogen and oxygen atoms in total. The van der Waals surface area contributed by atoms with Gasteiger partial charge in [0.05, 0.1) is 0 Å². The lowest BCUT2D eigenvalue weighted by atomic mass is 9.46. The second kappa shape index (κ2) is 9.51. The molecule has 7 heteroatoms. The Labute approximate surface area is 208 Å². The van der Waals surface area contributed by atoms with Crippen LogP contribution in [0.5, 0.6) is 0 Å². The minimum absolute atomic E-state index is 0.0646. The van der Waals surface area contributed by atoms with E-state index in [2.05, 4.69) is 20.8 Å². The average molecular weight is 495 g/mol. The van der Waals surface area contributed by atoms with Crippen LogP contribution in [0.3, 0.4) is 0 Å². The lowest BCUT2D eigenvalue weighted by Crippen LogP contribution is -2.61. The molecule has 0 aromatic carbocycles. The zero-order valence-corrected chi connectivity index (χ0v) is 21.7. The van der Waals surface area contributed by atoms with Gasteiger partial charge in [-0.25, -0.2) is 13.6 Å². The number of carbonyl (C=O) groups is 2. The van der Waals surface area contributed by atoms with Crippen LogP contribution in [-0.2, 0) is 14.3 Å². The molecule has 0 aromatic rings. The Bertz CT molecular complexity index is 878. The first-order chi connectivity index (χ1) is 16.5. The number of nitrogens with two attached hydrogens (primary N) is 2. The van der Waals surface area contributed by atoms with Gasteiger partial charge in [-0.3, -0.25) is 4.79 Å². The molecule has 198 valence electrons. The molecule has 35 heavy (non-hydrogen) atoms. The predicted octanol–water partition coefficient (Wildman–Crippen LogP) is 5.30. The molecule has 0 saturated heterocycles. The monoisotopic (exact) mass is 494 g/mol. The molecule has 0 amide bonds. The fourth-order valence-corrected chi connectivity index (χ4v) is 8.65. The number of alkyl halides is 2. The highest BCUT2D eigenvalue weighted by Crippen LogP contribution is 2.69. The van der Waals surface area contributed by atoms with Crippen LogP contribution < -0.4 is 11.5 Å². The van der Waals surface area contributed by atoms with Crippen molar-refractivity contribution in [1.82, 2.24) is 0 Å². The van der Waals surface area contributed by atoms with E-state index < -0.39 is 23.5 Å². The van der Waals surface area contributed by atoms with E-state index in [1.807, 2.05) is 6.08 Å². The number of allylic oxidation sites excluding steroid dienone is 1. The molecule has 3 saturated carbocycles. The molecular formula is C28H44F2N2O3. The zero-order chi connectivity index (χ0) is 25.6. The summed E-state index contributed by atoms with van der Waals surface area (Å²) in [6.45, 7) is 6.85. The molecule has 4 N–H and O–H groups in total. The number of ketones is 1. The molecule has 4 aliphatic carbocycles. The van der Waals surface area contributed by atoms with Crippen LogP contribution in [0.2, 0.25) is 0 Å². The van der Waals surface area contributed by atoms with E-state index in [1.165, 1.54) is 5.57 Å². The number of halogens is 2. The summed E-state index contributed by atoms with van der Waals surface area (Å²) in [6, 6.07) is 0. The third kappa shape index (κ3) is 4.09. The summed E-state index contributed by atoms with van der Waals surface area (Å²) in [7, 11) is 0. The minimum Gasteiger partial charge on any atom is -0.457 e. The summed E-state index contributed by atoms with van der Waals surface area (Å²) in [6.07, 6.45) is 7.54. The molecule has 4 aliphatic rings. The van der Waals surface area contributed by atoms with Gasteiger partial charge in [-0.2, -0.15) is 0 Å². The quantitative estimate of drug-likeness (QED) is 0.446. The van der Waals surface area contributed by atoms with Gasteiger partial charge < -0.3 is 16.2 Å². The van der Waals surface area contributed by atoms with Crippen molar-refractivity contribution in [3.8, 4) is 0 Å². The van der Waals surface area contributed by atoms with Gasteiger partial charge in [-0.15, -0.1) is 0 Å². The first-order valence-electron chi connectivity index (χ1n) is 13.7. The lowest BCUT2D eigenvalue weighted by Gasteiger charge is -2.59. The molecule has 0 radical (unpaired) electrons. The van der Waals surface area contributed by atoms with Crippen LogP contribution in [0.25, 0.3) is 0 Å². The van der Waals surface area contributed by atoms with Crippen LogP contribution in [0.4, 0.5) is 8.78 Å². The number of carbonyl (C=O) groups excluding carboxylic acids is 2. The minimum atomic E-state index is -3.00. The summed E-state index contributed by atoms with van der Waals surface area (Å²) in [5.41, 5.74) is 9.58. The Morgan fingerprint density at radius 1 is 1.17 bits per heavy atom. The zero-order valence-electron chi connectivity index (χ0n) is 21.7. The Hall–Kier alpha value is -1.34. The predicted molar refractivity (Wildman–Crippen MR) is 132 cm³/mol. The van der Waals surface area contributed by atoms with Crippen molar-refractivity contribution < 1.29 is 23.1 Å². The standard InChI is InChI=1S/C28H44F2N2O3/c1-4-11-27(35-24(34)28(32,23(29)30)12-5-16-31)15-10-22-20-7-6-18-17-19(33)8-13-25(18,2)21(20)9-14-26(22,27)3/h17,20-23H,4-16,31-32H2,1-3H3. The van der Waals surface area contributed by atoms with E-state index in [1.54, 1.807) is 0 Å². The third-order valence-corrected chi connectivity index (χ3v) is 10.8. The van der Waals surface area contributed by atoms with Crippen LogP contribution in [0.15, 0.2) is 11.6 Å². The van der Waals surface area contributed by atoms with Gasteiger partial charge in [0.1, 0.15) is 5.60 Å². The third-order valence-electron chi connectivity index (χ3n) is 10.8. The second-order valence-corrected chi connectivity index (χ2v) is 12.3. The smallest absolute Gasteiger partial charge is 0.332 e. The molecule has 0 heterocycles. The molecular weight excluding hydrogens is 450 g/mol. The first-order valence-corrected chi connectivity index (χ1v) is 13.7. The van der Waals surface area contributed by atoms with E-state index in [0.717, 1.165) is 44.9 Å². The van der Waals surface area contributed by atoms with Crippen molar-refractivity contribution in [2.24, 2.45) is 40.1 Å². The average Bonchev–Trinajstić information content (AvgIpc) is 3.09. The van der Waals surface area contributed by atoms with Crippen molar-refractivity contribution in [1.29, 1.82) is 0 Å². The SMILES string of the molecule is CCCC1(OC(=O)C(N)(CCCN)C(F)F)CCC2C3CCC4=CC(=O)CCC4(C)C3CCC21C. The van der Waals surface area contributed by atoms with Crippen molar-refractivity contribution in [3.05, 3.63) is 11.6 Å². The largest absolute Gasteiger partial charge is 0.457 e. The van der Waals surface area contributed by atoms with Crippen molar-refractivity contribution in [3.63, 3.8) is 0 Å². The van der Waals surface area contributed by atoms with E-state index in [-0.39, 0.29) is 36.0 Å². The number of rotatable bonds is 8. The molecule has 0 aliphatic heterocycles. The molecule has 3 fully saturated rings. The van der Waals surface area contributed by atoms with Gasteiger partial charge in [0.15, 0.2) is 11.3 Å². The summed E-state index contributed by atoms with van der Waals surface area (Å²) in [5.74, 6) is 0.673. The normalized spacial score (nSPS) is 40.4. The maximum Gasteiger partial charge on any atom is 0.332 e. The Morgan fingerprint density at radius 2 is 1.89 bits per heavy atom. The molecule has 0 bridgehead atoms. The summed E-state index contributed by atoms with van der Waals surface area (Å²) in [4.78, 5) is 25.4. The highest BCUT2D eigenvalue weighted by atomic mass is 19.3. The molecule has 7 atom stereocenters. The summed E-state index contributed by atoms with van der Waals surface area (Å²) in [5, 5.41) is 0. The summed E-state index contributed by atoms with van der Waals surface area (Å²) >= 11 is 0. The molecule has 0 spiro atoms. The van der Waals surface area contributed by atoms with Gasteiger partial charge in [0.2, 0.25) is 0 Å². The number of hydrogen-bond donors (Lipinski definition) is 2. The fraction of sp³-hybridized carbons (Fsp3) is 0.857. The van der Waals surface area contributed by atoms with E-state index in [0.29, 0.717) is 37.0 Å². The first kappa shape index (κ1) is 26.7.